The fraction of sp³-hybridized carbons (Fsp3) is 0.0500. The first-order chi connectivity index (χ1) is 13.4. The van der Waals surface area contributed by atoms with Gasteiger partial charge < -0.3 is 9.73 Å². The van der Waals surface area contributed by atoms with Crippen molar-refractivity contribution in [3.63, 3.8) is 0 Å². The Morgan fingerprint density at radius 1 is 1.18 bits per heavy atom. The fourth-order valence-electron chi connectivity index (χ4n) is 2.92. The number of hydrogen-bond donors (Lipinski definition) is 1. The summed E-state index contributed by atoms with van der Waals surface area (Å²) in [5.74, 6) is -0.774. The van der Waals surface area contributed by atoms with Gasteiger partial charge in [0.05, 0.1) is 22.3 Å². The lowest BCUT2D eigenvalue weighted by atomic mass is 10.2. The average Bonchev–Trinajstić information content (AvgIpc) is 3.11. The lowest BCUT2D eigenvalue weighted by molar-refractivity contribution is 0.0995. The third-order valence-corrected chi connectivity index (χ3v) is 4.62. The minimum atomic E-state index is -0.637. The van der Waals surface area contributed by atoms with Crippen LogP contribution in [0.25, 0.3) is 16.6 Å². The molecule has 2 aromatic carbocycles. The van der Waals surface area contributed by atoms with Crippen LogP contribution in [-0.2, 0) is 0 Å². The van der Waals surface area contributed by atoms with E-state index in [1.165, 1.54) is 28.8 Å². The van der Waals surface area contributed by atoms with Gasteiger partial charge in [-0.25, -0.2) is 9.37 Å². The van der Waals surface area contributed by atoms with Crippen molar-refractivity contribution in [2.24, 2.45) is 0 Å². The number of nitrogens with one attached hydrogen (secondary N) is 1. The second kappa shape index (κ2) is 7.05. The second-order valence-corrected chi connectivity index (χ2v) is 6.82. The van der Waals surface area contributed by atoms with Crippen LogP contribution in [0.15, 0.2) is 68.5 Å². The van der Waals surface area contributed by atoms with Gasteiger partial charge in [-0.3, -0.25) is 14.2 Å². The molecule has 1 amide bonds. The Bertz CT molecular complexity index is 1280. The van der Waals surface area contributed by atoms with Gasteiger partial charge in [0.15, 0.2) is 10.4 Å². The van der Waals surface area contributed by atoms with Gasteiger partial charge in [0.25, 0.3) is 11.5 Å². The van der Waals surface area contributed by atoms with Gasteiger partial charge in [0.2, 0.25) is 0 Å². The Morgan fingerprint density at radius 3 is 2.71 bits per heavy atom. The fourth-order valence-corrected chi connectivity index (χ4v) is 3.22. The van der Waals surface area contributed by atoms with Gasteiger partial charge in [-0.2, -0.15) is 0 Å². The molecule has 8 heteroatoms. The Kier molecular flexibility index (Phi) is 4.56. The highest BCUT2D eigenvalue weighted by Gasteiger charge is 2.16. The molecule has 4 rings (SSSR count). The molecular formula is C20H13BrFN3O3. The van der Waals surface area contributed by atoms with Crippen LogP contribution in [0.1, 0.15) is 16.4 Å². The summed E-state index contributed by atoms with van der Waals surface area (Å²) in [7, 11) is 0. The molecular weight excluding hydrogens is 429 g/mol. The highest BCUT2D eigenvalue weighted by atomic mass is 79.9. The van der Waals surface area contributed by atoms with Crippen molar-refractivity contribution in [3.8, 4) is 5.69 Å². The molecule has 0 aliphatic rings. The van der Waals surface area contributed by atoms with E-state index in [4.69, 9.17) is 4.42 Å². The number of benzene rings is 2. The van der Waals surface area contributed by atoms with Gasteiger partial charge in [-0.1, -0.05) is 12.1 Å². The topological polar surface area (TPSA) is 77.1 Å². The zero-order chi connectivity index (χ0) is 19.8. The minimum Gasteiger partial charge on any atom is -0.444 e. The van der Waals surface area contributed by atoms with Crippen molar-refractivity contribution in [1.82, 2.24) is 9.55 Å². The molecule has 0 saturated carbocycles. The number of para-hydroxylation sites is 1. The number of nitrogens with zero attached hydrogens (tertiary/aromatic N) is 2. The first-order valence-electron chi connectivity index (χ1n) is 8.29. The summed E-state index contributed by atoms with van der Waals surface area (Å²) in [4.78, 5) is 29.6. The van der Waals surface area contributed by atoms with Crippen molar-refractivity contribution in [1.29, 1.82) is 0 Å². The maximum absolute atomic E-state index is 14.3. The molecule has 0 radical (unpaired) electrons. The number of anilines is 1. The summed E-state index contributed by atoms with van der Waals surface area (Å²) in [5.41, 5.74) is 0.620. The summed E-state index contributed by atoms with van der Waals surface area (Å²) >= 11 is 3.11. The maximum Gasteiger partial charge on any atom is 0.291 e. The number of aromatic nitrogens is 2. The Labute approximate surface area is 166 Å². The van der Waals surface area contributed by atoms with E-state index in [0.717, 1.165) is 0 Å². The van der Waals surface area contributed by atoms with Crippen LogP contribution in [0.4, 0.5) is 10.1 Å². The van der Waals surface area contributed by atoms with E-state index in [0.29, 0.717) is 27.1 Å². The standard InChI is InChI=1S/C20H13BrFN3O3/c1-11-23-15-5-3-2-4-13(15)20(27)25(11)12-6-7-14(22)16(10-12)24-19(26)17-8-9-18(21)28-17/h2-10H,1H3,(H,24,26). The molecule has 1 N–H and O–H groups in total. The number of aryl methyl sites for hydroxylation is 1. The maximum atomic E-state index is 14.3. The summed E-state index contributed by atoms with van der Waals surface area (Å²) in [6.07, 6.45) is 0. The van der Waals surface area contributed by atoms with Gasteiger partial charge in [0.1, 0.15) is 11.6 Å². The summed E-state index contributed by atoms with van der Waals surface area (Å²) in [6, 6.07) is 14.0. The molecule has 0 aliphatic heterocycles. The number of furan rings is 1. The molecule has 0 fully saturated rings. The number of hydrogen-bond acceptors (Lipinski definition) is 4. The van der Waals surface area contributed by atoms with Crippen LogP contribution in [0, 0.1) is 12.7 Å². The number of rotatable bonds is 3. The van der Waals surface area contributed by atoms with Crippen molar-refractivity contribution in [3.05, 3.63) is 87.0 Å². The Hall–Kier alpha value is -3.26. The largest absolute Gasteiger partial charge is 0.444 e. The molecule has 0 aliphatic carbocycles. The first-order valence-corrected chi connectivity index (χ1v) is 9.08. The zero-order valence-electron chi connectivity index (χ0n) is 14.6. The number of carbonyl (C=O) groups excluding carboxylic acids is 1. The smallest absolute Gasteiger partial charge is 0.291 e. The molecule has 0 atom stereocenters. The molecule has 2 aromatic heterocycles. The van der Waals surface area contributed by atoms with Crippen molar-refractivity contribution in [2.75, 3.05) is 5.32 Å². The van der Waals surface area contributed by atoms with Gasteiger partial charge in [0, 0.05) is 0 Å². The van der Waals surface area contributed by atoms with E-state index >= 15 is 0 Å². The molecule has 6 nitrogen and oxygen atoms in total. The lowest BCUT2D eigenvalue weighted by Gasteiger charge is -2.13. The van der Waals surface area contributed by atoms with Crippen molar-refractivity contribution < 1.29 is 13.6 Å². The van der Waals surface area contributed by atoms with Crippen LogP contribution in [0.2, 0.25) is 0 Å². The van der Waals surface area contributed by atoms with Crippen LogP contribution >= 0.6 is 15.9 Å². The second-order valence-electron chi connectivity index (χ2n) is 6.04. The summed E-state index contributed by atoms with van der Waals surface area (Å²) in [5, 5.41) is 2.91. The highest BCUT2D eigenvalue weighted by molar-refractivity contribution is 9.10. The molecule has 0 bridgehead atoms. The minimum absolute atomic E-state index is 0.0254. The molecule has 2 heterocycles. The number of carbonyl (C=O) groups is 1. The zero-order valence-corrected chi connectivity index (χ0v) is 16.2. The van der Waals surface area contributed by atoms with E-state index in [9.17, 15) is 14.0 Å². The molecule has 0 unspecified atom stereocenters. The Morgan fingerprint density at radius 2 is 1.96 bits per heavy atom. The molecule has 28 heavy (non-hydrogen) atoms. The van der Waals surface area contributed by atoms with Crippen molar-refractivity contribution in [2.45, 2.75) is 6.92 Å². The van der Waals surface area contributed by atoms with Gasteiger partial charge >= 0.3 is 0 Å². The van der Waals surface area contributed by atoms with E-state index in [1.54, 1.807) is 37.3 Å². The Balaban J connectivity index is 1.78. The lowest BCUT2D eigenvalue weighted by Crippen LogP contribution is -2.22. The van der Waals surface area contributed by atoms with Crippen LogP contribution in [0.5, 0.6) is 0 Å². The van der Waals surface area contributed by atoms with Crippen molar-refractivity contribution >= 4 is 38.4 Å². The van der Waals surface area contributed by atoms with Gasteiger partial charge in [-0.15, -0.1) is 0 Å². The van der Waals surface area contributed by atoms with E-state index in [1.807, 2.05) is 0 Å². The number of amides is 1. The average molecular weight is 442 g/mol. The van der Waals surface area contributed by atoms with E-state index < -0.39 is 11.7 Å². The third-order valence-electron chi connectivity index (χ3n) is 4.20. The third kappa shape index (κ3) is 3.22. The summed E-state index contributed by atoms with van der Waals surface area (Å²) < 4.78 is 21.2. The normalized spacial score (nSPS) is 11.0. The van der Waals surface area contributed by atoms with Crippen LogP contribution in [-0.4, -0.2) is 15.5 Å². The van der Waals surface area contributed by atoms with Crippen LogP contribution < -0.4 is 10.9 Å². The van der Waals surface area contributed by atoms with E-state index in [-0.39, 0.29) is 17.0 Å². The molecule has 4 aromatic rings. The molecule has 0 saturated heterocycles. The SMILES string of the molecule is Cc1nc2ccccc2c(=O)n1-c1ccc(F)c(NC(=O)c2ccc(Br)o2)c1. The highest BCUT2D eigenvalue weighted by Crippen LogP contribution is 2.22. The van der Waals surface area contributed by atoms with Crippen LogP contribution in [0.3, 0.4) is 0 Å². The molecule has 140 valence electrons. The monoisotopic (exact) mass is 441 g/mol. The summed E-state index contributed by atoms with van der Waals surface area (Å²) in [6.45, 7) is 1.69. The number of halogens is 2. The quantitative estimate of drug-likeness (QED) is 0.509. The predicted octanol–water partition coefficient (Wildman–Crippen LogP) is 4.44. The molecule has 0 spiro atoms. The van der Waals surface area contributed by atoms with E-state index in [2.05, 4.69) is 26.2 Å². The predicted molar refractivity (Wildman–Crippen MR) is 106 cm³/mol. The van der Waals surface area contributed by atoms with Gasteiger partial charge in [-0.05, 0) is 65.3 Å². The first kappa shape index (κ1) is 18.1. The number of fused-ring (bicyclic) bond motifs is 1.